The zero-order chi connectivity index (χ0) is 28.2. The summed E-state index contributed by atoms with van der Waals surface area (Å²) in [5.74, 6) is 0.0145. The van der Waals surface area contributed by atoms with Crippen LogP contribution in [0.15, 0.2) is 60.3 Å². The van der Waals surface area contributed by atoms with E-state index in [1.807, 2.05) is 18.2 Å². The van der Waals surface area contributed by atoms with Gasteiger partial charge in [0.15, 0.2) is 16.3 Å². The highest BCUT2D eigenvalue weighted by Crippen LogP contribution is 2.41. The number of ether oxygens (including phenoxy) is 3. The number of benzene rings is 2. The van der Waals surface area contributed by atoms with Crippen LogP contribution in [0.2, 0.25) is 0 Å². The highest BCUT2D eigenvalue weighted by molar-refractivity contribution is 9.10. The number of allylic oxidation sites excluding steroid dienone is 1. The van der Waals surface area contributed by atoms with Crippen molar-refractivity contribution >= 4 is 66.3 Å². The molecule has 12 heteroatoms. The van der Waals surface area contributed by atoms with E-state index >= 15 is 0 Å². The third-order valence-electron chi connectivity index (χ3n) is 6.62. The Kier molecular flexibility index (Phi) is 7.29. The summed E-state index contributed by atoms with van der Waals surface area (Å²) in [5.41, 5.74) is 2.40. The molecule has 39 heavy (non-hydrogen) atoms. The zero-order valence-corrected chi connectivity index (χ0v) is 25.6. The van der Waals surface area contributed by atoms with Crippen molar-refractivity contribution in [2.24, 2.45) is 4.99 Å². The van der Waals surface area contributed by atoms with E-state index in [-0.39, 0.29) is 22.6 Å². The van der Waals surface area contributed by atoms with Gasteiger partial charge in [0.1, 0.15) is 4.53 Å². The number of methoxy groups -OCH3 is 2. The lowest BCUT2D eigenvalue weighted by atomic mass is 9.95. The van der Waals surface area contributed by atoms with Crippen molar-refractivity contribution < 1.29 is 23.8 Å². The number of esters is 1. The molecule has 0 unspecified atom stereocenters. The number of halogens is 2. The number of hydrogen-bond donors (Lipinski definition) is 0. The SMILES string of the molecule is CCOC(=O)C1=C(C)N=c2s/c(=C3\C(=O)N(C)c4ccc(Br)cc43)c(=O)n2[C@@H]1c1cc(OC)c(OC)cc1Br. The molecule has 0 saturated heterocycles. The Morgan fingerprint density at radius 3 is 2.46 bits per heavy atom. The summed E-state index contributed by atoms with van der Waals surface area (Å²) in [6, 6.07) is 8.02. The van der Waals surface area contributed by atoms with Crippen molar-refractivity contribution in [2.45, 2.75) is 19.9 Å². The van der Waals surface area contributed by atoms with Crippen molar-refractivity contribution in [3.63, 3.8) is 0 Å². The molecule has 2 aliphatic rings. The first-order valence-electron chi connectivity index (χ1n) is 11.8. The lowest BCUT2D eigenvalue weighted by Crippen LogP contribution is -2.41. The molecular weight excluding hydrogens is 654 g/mol. The number of anilines is 1. The average molecular weight is 677 g/mol. The van der Waals surface area contributed by atoms with Gasteiger partial charge in [-0.1, -0.05) is 43.2 Å². The number of likely N-dealkylation sites (N-methyl/N-ethyl adjacent to an activating group) is 1. The van der Waals surface area contributed by atoms with Crippen LogP contribution in [0.4, 0.5) is 5.69 Å². The molecule has 0 fully saturated rings. The smallest absolute Gasteiger partial charge is 0.338 e. The average Bonchev–Trinajstić information content (AvgIpc) is 3.34. The number of nitrogens with zero attached hydrogens (tertiary/aromatic N) is 3. The Bertz CT molecular complexity index is 1770. The topological polar surface area (TPSA) is 99.4 Å². The minimum Gasteiger partial charge on any atom is -0.493 e. The highest BCUT2D eigenvalue weighted by Gasteiger charge is 2.37. The highest BCUT2D eigenvalue weighted by atomic mass is 79.9. The molecule has 0 N–H and O–H groups in total. The molecule has 1 atom stereocenters. The molecule has 0 bridgehead atoms. The van der Waals surface area contributed by atoms with E-state index in [4.69, 9.17) is 14.2 Å². The molecule has 3 heterocycles. The summed E-state index contributed by atoms with van der Waals surface area (Å²) in [4.78, 5) is 47.4. The van der Waals surface area contributed by atoms with Crippen LogP contribution in [0.3, 0.4) is 0 Å². The zero-order valence-electron chi connectivity index (χ0n) is 21.6. The largest absolute Gasteiger partial charge is 0.493 e. The summed E-state index contributed by atoms with van der Waals surface area (Å²) in [6.45, 7) is 3.57. The van der Waals surface area contributed by atoms with Crippen molar-refractivity contribution in [1.82, 2.24) is 4.57 Å². The molecule has 1 amide bonds. The summed E-state index contributed by atoms with van der Waals surface area (Å²) < 4.78 is 19.4. The number of carbonyl (C=O) groups is 2. The summed E-state index contributed by atoms with van der Waals surface area (Å²) in [5, 5.41) is 0. The quantitative estimate of drug-likeness (QED) is 0.383. The lowest BCUT2D eigenvalue weighted by molar-refractivity contribution is -0.139. The van der Waals surface area contributed by atoms with Gasteiger partial charge in [0.25, 0.3) is 11.5 Å². The number of rotatable bonds is 5. The predicted octanol–water partition coefficient (Wildman–Crippen LogP) is 3.69. The maximum Gasteiger partial charge on any atom is 0.338 e. The normalized spacial score (nSPS) is 17.6. The van der Waals surface area contributed by atoms with Crippen LogP contribution in [0.1, 0.15) is 31.0 Å². The van der Waals surface area contributed by atoms with Crippen LogP contribution in [0.5, 0.6) is 11.5 Å². The predicted molar refractivity (Wildman–Crippen MR) is 154 cm³/mol. The van der Waals surface area contributed by atoms with E-state index in [0.717, 1.165) is 15.8 Å². The number of aromatic nitrogens is 1. The van der Waals surface area contributed by atoms with E-state index in [2.05, 4.69) is 36.9 Å². The second kappa shape index (κ2) is 10.4. The molecule has 0 radical (unpaired) electrons. The number of thiazole rings is 1. The number of fused-ring (bicyclic) bond motifs is 2. The Balaban J connectivity index is 1.87. The third-order valence-corrected chi connectivity index (χ3v) is 8.86. The minimum atomic E-state index is -0.903. The molecular formula is C27H23Br2N3O6S. The standard InChI is InChI=1S/C27H23Br2N3O6S/c1-6-38-26(35)20-12(2)30-27-32(22(20)14-10-18(36-4)19(37-5)11-16(14)29)25(34)23(39-27)21-15-9-13(28)7-8-17(15)31(3)24(21)33/h7-11,22H,6H2,1-5H3/b23-21-/t22-/m1/s1. The molecule has 0 aliphatic carbocycles. The van der Waals surface area contributed by atoms with Crippen molar-refractivity contribution in [3.8, 4) is 11.5 Å². The fourth-order valence-corrected chi connectivity index (χ4v) is 6.87. The maximum absolute atomic E-state index is 14.2. The van der Waals surface area contributed by atoms with Crippen LogP contribution >= 0.6 is 43.2 Å². The van der Waals surface area contributed by atoms with Crippen LogP contribution in [0, 0.1) is 0 Å². The van der Waals surface area contributed by atoms with Gasteiger partial charge in [-0.3, -0.25) is 14.2 Å². The Hall–Kier alpha value is -3.22. The Morgan fingerprint density at radius 1 is 1.10 bits per heavy atom. The van der Waals surface area contributed by atoms with E-state index in [9.17, 15) is 14.4 Å². The third kappa shape index (κ3) is 4.34. The van der Waals surface area contributed by atoms with Crippen LogP contribution in [-0.2, 0) is 14.3 Å². The van der Waals surface area contributed by atoms with Crippen molar-refractivity contribution in [2.75, 3.05) is 32.8 Å². The van der Waals surface area contributed by atoms with Gasteiger partial charge in [0.05, 0.1) is 49.4 Å². The fourth-order valence-electron chi connectivity index (χ4n) is 4.83. The van der Waals surface area contributed by atoms with Gasteiger partial charge >= 0.3 is 5.97 Å². The van der Waals surface area contributed by atoms with Gasteiger partial charge in [0.2, 0.25) is 0 Å². The molecule has 2 aliphatic heterocycles. The van der Waals surface area contributed by atoms with Gasteiger partial charge in [-0.15, -0.1) is 0 Å². The van der Waals surface area contributed by atoms with Gasteiger partial charge in [-0.2, -0.15) is 0 Å². The number of carbonyl (C=O) groups excluding carboxylic acids is 2. The molecule has 9 nitrogen and oxygen atoms in total. The second-order valence-corrected chi connectivity index (χ2v) is 11.5. The molecule has 1 aromatic heterocycles. The van der Waals surface area contributed by atoms with Gasteiger partial charge in [0, 0.05) is 21.6 Å². The molecule has 0 spiro atoms. The van der Waals surface area contributed by atoms with E-state index < -0.39 is 17.6 Å². The maximum atomic E-state index is 14.2. The number of hydrogen-bond acceptors (Lipinski definition) is 8. The summed E-state index contributed by atoms with van der Waals surface area (Å²) in [7, 11) is 4.70. The van der Waals surface area contributed by atoms with Gasteiger partial charge in [-0.05, 0) is 49.7 Å². The first-order chi connectivity index (χ1) is 18.6. The van der Waals surface area contributed by atoms with Crippen LogP contribution in [-0.4, -0.2) is 44.3 Å². The van der Waals surface area contributed by atoms with Gasteiger partial charge < -0.3 is 19.1 Å². The molecule has 3 aromatic rings. The van der Waals surface area contributed by atoms with Gasteiger partial charge in [-0.25, -0.2) is 9.79 Å². The van der Waals surface area contributed by atoms with E-state index in [1.165, 1.54) is 23.7 Å². The monoisotopic (exact) mass is 675 g/mol. The van der Waals surface area contributed by atoms with Crippen molar-refractivity contribution in [3.05, 3.63) is 81.4 Å². The first kappa shape index (κ1) is 27.4. The molecule has 202 valence electrons. The number of amides is 1. The van der Waals surface area contributed by atoms with Crippen LogP contribution < -0.4 is 29.3 Å². The van der Waals surface area contributed by atoms with Crippen molar-refractivity contribution in [1.29, 1.82) is 0 Å². The Morgan fingerprint density at radius 2 is 1.79 bits per heavy atom. The van der Waals surface area contributed by atoms with E-state index in [0.29, 0.717) is 48.9 Å². The second-order valence-electron chi connectivity index (χ2n) is 8.75. The fraction of sp³-hybridized carbons (Fsp3) is 0.259. The minimum absolute atomic E-state index is 0.149. The Labute approximate surface area is 244 Å². The molecule has 0 saturated carbocycles. The first-order valence-corrected chi connectivity index (χ1v) is 14.2. The lowest BCUT2D eigenvalue weighted by Gasteiger charge is -2.26. The summed E-state index contributed by atoms with van der Waals surface area (Å²) in [6.07, 6.45) is 0. The molecule has 5 rings (SSSR count). The summed E-state index contributed by atoms with van der Waals surface area (Å²) >= 11 is 8.18. The van der Waals surface area contributed by atoms with E-state index in [1.54, 1.807) is 33.0 Å². The van der Waals surface area contributed by atoms with Crippen LogP contribution in [0.25, 0.3) is 5.57 Å². The molecule has 2 aromatic carbocycles.